The normalized spacial score (nSPS) is 13.2. The molecule has 1 rings (SSSR count). The van der Waals surface area contributed by atoms with Gasteiger partial charge < -0.3 is 4.74 Å². The van der Waals surface area contributed by atoms with Gasteiger partial charge in [-0.25, -0.2) is 4.79 Å². The zero-order valence-electron chi connectivity index (χ0n) is 10.5. The van der Waals surface area contributed by atoms with Crippen molar-refractivity contribution in [2.45, 2.75) is 31.7 Å². The van der Waals surface area contributed by atoms with Crippen LogP contribution < -0.4 is 0 Å². The molecule has 1 aromatic rings. The summed E-state index contributed by atoms with van der Waals surface area (Å²) in [6, 6.07) is 0. The minimum Gasteiger partial charge on any atom is -0.459 e. The monoisotopic (exact) mass is 275 g/mol. The Morgan fingerprint density at radius 1 is 1.61 bits per heavy atom. The molecule has 0 bridgehead atoms. The molecule has 0 aromatic carbocycles. The van der Waals surface area contributed by atoms with E-state index in [1.807, 2.05) is 0 Å². The summed E-state index contributed by atoms with van der Waals surface area (Å²) in [7, 11) is 1.47. The number of aryl methyl sites for hydroxylation is 1. The van der Waals surface area contributed by atoms with E-state index in [-0.39, 0.29) is 11.4 Å². The summed E-state index contributed by atoms with van der Waals surface area (Å²) in [6.45, 7) is 5.06. The molecule has 0 N–H and O–H groups in total. The minimum atomic E-state index is -1.27. The second-order valence-corrected chi connectivity index (χ2v) is 5.13. The fourth-order valence-electron chi connectivity index (χ4n) is 1.34. The van der Waals surface area contributed by atoms with Crippen LogP contribution in [-0.4, -0.2) is 26.3 Å². The largest absolute Gasteiger partial charge is 0.459 e. The number of alkyl halides is 1. The highest BCUT2D eigenvalue weighted by molar-refractivity contribution is 6.30. The average Bonchev–Trinajstić information content (AvgIpc) is 2.56. The van der Waals surface area contributed by atoms with Crippen molar-refractivity contribution in [3.05, 3.63) is 22.0 Å². The standard InChI is InChI=1S/C10H14ClN3O4/c1-10(2,3)18-9(15)7(11)8-6(14(16)17)5-12-13(8)4/h5,7H,1-4H3. The van der Waals surface area contributed by atoms with Crippen molar-refractivity contribution in [2.24, 2.45) is 7.05 Å². The van der Waals surface area contributed by atoms with Crippen molar-refractivity contribution in [2.75, 3.05) is 0 Å². The zero-order chi connectivity index (χ0) is 14.1. The highest BCUT2D eigenvalue weighted by atomic mass is 35.5. The van der Waals surface area contributed by atoms with Crippen LogP contribution in [0.4, 0.5) is 5.69 Å². The first kappa shape index (κ1) is 14.4. The van der Waals surface area contributed by atoms with Gasteiger partial charge in [0.15, 0.2) is 5.38 Å². The third-order valence-electron chi connectivity index (χ3n) is 2.01. The van der Waals surface area contributed by atoms with Gasteiger partial charge in [0, 0.05) is 7.05 Å². The predicted octanol–water partition coefficient (Wildman–Crippen LogP) is 1.95. The molecule has 0 saturated heterocycles. The second kappa shape index (κ2) is 4.93. The molecule has 0 fully saturated rings. The Labute approximate surface area is 109 Å². The molecule has 0 amide bonds. The summed E-state index contributed by atoms with van der Waals surface area (Å²) < 4.78 is 6.27. The first-order valence-electron chi connectivity index (χ1n) is 5.16. The Balaban J connectivity index is 3.04. The Morgan fingerprint density at radius 3 is 2.61 bits per heavy atom. The fraction of sp³-hybridized carbons (Fsp3) is 0.600. The molecule has 0 aliphatic heterocycles. The van der Waals surface area contributed by atoms with Gasteiger partial charge in [0.2, 0.25) is 0 Å². The Bertz CT molecular complexity index is 478. The molecular weight excluding hydrogens is 262 g/mol. The third kappa shape index (κ3) is 3.19. The summed E-state index contributed by atoms with van der Waals surface area (Å²) >= 11 is 5.92. The van der Waals surface area contributed by atoms with Crippen LogP contribution in [0.5, 0.6) is 0 Å². The van der Waals surface area contributed by atoms with E-state index < -0.39 is 21.9 Å². The highest BCUT2D eigenvalue weighted by Gasteiger charge is 2.33. The highest BCUT2D eigenvalue weighted by Crippen LogP contribution is 2.31. The van der Waals surface area contributed by atoms with Gasteiger partial charge in [-0.3, -0.25) is 14.8 Å². The van der Waals surface area contributed by atoms with E-state index in [1.165, 1.54) is 11.7 Å². The average molecular weight is 276 g/mol. The summed E-state index contributed by atoms with van der Waals surface area (Å²) in [5.74, 6) is -0.740. The van der Waals surface area contributed by atoms with Gasteiger partial charge >= 0.3 is 11.7 Å². The topological polar surface area (TPSA) is 87.3 Å². The van der Waals surface area contributed by atoms with Crippen LogP contribution in [0.3, 0.4) is 0 Å². The molecule has 0 aliphatic rings. The smallest absolute Gasteiger partial charge is 0.331 e. The van der Waals surface area contributed by atoms with Crippen molar-refractivity contribution in [1.82, 2.24) is 9.78 Å². The lowest BCUT2D eigenvalue weighted by molar-refractivity contribution is -0.385. The quantitative estimate of drug-likeness (QED) is 0.364. The summed E-state index contributed by atoms with van der Waals surface area (Å²) in [6.07, 6.45) is 1.05. The van der Waals surface area contributed by atoms with Crippen LogP contribution in [0.1, 0.15) is 31.8 Å². The molecule has 0 aliphatic carbocycles. The Morgan fingerprint density at radius 2 is 2.17 bits per heavy atom. The fourth-order valence-corrected chi connectivity index (χ4v) is 1.63. The van der Waals surface area contributed by atoms with Crippen molar-refractivity contribution in [3.63, 3.8) is 0 Å². The third-order valence-corrected chi connectivity index (χ3v) is 2.40. The lowest BCUT2D eigenvalue weighted by Crippen LogP contribution is -2.27. The van der Waals surface area contributed by atoms with Gasteiger partial charge in [-0.05, 0) is 20.8 Å². The van der Waals surface area contributed by atoms with Gasteiger partial charge in [-0.15, -0.1) is 11.6 Å². The Kier molecular flexibility index (Phi) is 3.95. The SMILES string of the molecule is Cn1ncc([N+](=O)[O-])c1C(Cl)C(=O)OC(C)(C)C. The second-order valence-electron chi connectivity index (χ2n) is 4.69. The van der Waals surface area contributed by atoms with Crippen LogP contribution in [0.15, 0.2) is 6.20 Å². The number of nitro groups is 1. The summed E-state index contributed by atoms with van der Waals surface area (Å²) in [5, 5.41) is 13.2. The number of esters is 1. The molecule has 1 unspecified atom stereocenters. The number of halogens is 1. The van der Waals surface area contributed by atoms with Crippen molar-refractivity contribution >= 4 is 23.3 Å². The van der Waals surface area contributed by atoms with Crippen LogP contribution in [0, 0.1) is 10.1 Å². The van der Waals surface area contributed by atoms with Crippen molar-refractivity contribution in [3.8, 4) is 0 Å². The van der Waals surface area contributed by atoms with E-state index in [1.54, 1.807) is 20.8 Å². The molecule has 1 atom stereocenters. The van der Waals surface area contributed by atoms with Crippen LogP contribution in [0.2, 0.25) is 0 Å². The number of carbonyl (C=O) groups excluding carboxylic acids is 1. The molecule has 1 aromatic heterocycles. The number of hydrogen-bond acceptors (Lipinski definition) is 5. The molecule has 1 heterocycles. The summed E-state index contributed by atoms with van der Waals surface area (Å²) in [5.41, 5.74) is -1.00. The van der Waals surface area contributed by atoms with E-state index in [0.717, 1.165) is 6.20 Å². The first-order chi connectivity index (χ1) is 8.13. The van der Waals surface area contributed by atoms with E-state index in [2.05, 4.69) is 5.10 Å². The number of rotatable bonds is 3. The number of aromatic nitrogens is 2. The van der Waals surface area contributed by atoms with Crippen LogP contribution in [-0.2, 0) is 16.6 Å². The molecule has 100 valence electrons. The lowest BCUT2D eigenvalue weighted by Gasteiger charge is -2.21. The number of carbonyl (C=O) groups is 1. The van der Waals surface area contributed by atoms with Gasteiger partial charge in [0.25, 0.3) is 0 Å². The van der Waals surface area contributed by atoms with Gasteiger partial charge in [-0.1, -0.05) is 0 Å². The number of hydrogen-bond donors (Lipinski definition) is 0. The van der Waals surface area contributed by atoms with E-state index >= 15 is 0 Å². The van der Waals surface area contributed by atoms with Crippen molar-refractivity contribution in [1.29, 1.82) is 0 Å². The van der Waals surface area contributed by atoms with Crippen LogP contribution in [0.25, 0.3) is 0 Å². The van der Waals surface area contributed by atoms with Gasteiger partial charge in [-0.2, -0.15) is 5.10 Å². The van der Waals surface area contributed by atoms with Gasteiger partial charge in [0.05, 0.1) is 4.92 Å². The number of nitrogens with zero attached hydrogens (tertiary/aromatic N) is 3. The van der Waals surface area contributed by atoms with Crippen LogP contribution >= 0.6 is 11.6 Å². The maximum atomic E-state index is 11.8. The summed E-state index contributed by atoms with van der Waals surface area (Å²) in [4.78, 5) is 21.9. The molecule has 0 spiro atoms. The number of ether oxygens (including phenoxy) is 1. The maximum Gasteiger partial charge on any atom is 0.331 e. The minimum absolute atomic E-state index is 0.0101. The zero-order valence-corrected chi connectivity index (χ0v) is 11.3. The van der Waals surface area contributed by atoms with E-state index in [0.29, 0.717) is 0 Å². The molecule has 18 heavy (non-hydrogen) atoms. The van der Waals surface area contributed by atoms with E-state index in [9.17, 15) is 14.9 Å². The first-order valence-corrected chi connectivity index (χ1v) is 5.60. The molecule has 8 heteroatoms. The molecule has 0 saturated carbocycles. The lowest BCUT2D eigenvalue weighted by atomic mass is 10.2. The van der Waals surface area contributed by atoms with Gasteiger partial charge in [0.1, 0.15) is 17.5 Å². The Hall–Kier alpha value is -1.63. The molecule has 0 radical (unpaired) electrons. The maximum absolute atomic E-state index is 11.8. The van der Waals surface area contributed by atoms with Crippen molar-refractivity contribution < 1.29 is 14.5 Å². The van der Waals surface area contributed by atoms with E-state index in [4.69, 9.17) is 16.3 Å². The molecule has 7 nitrogen and oxygen atoms in total. The predicted molar refractivity (Wildman–Crippen MR) is 64.3 cm³/mol. The molecular formula is C10H14ClN3O4.